The lowest BCUT2D eigenvalue weighted by molar-refractivity contribution is 0.573. The SMILES string of the molecule is Brc1ccc(-c2nc(-c3ccccc3)cc(N3CCCCC3)n2)cc1. The van der Waals surface area contributed by atoms with Crippen LogP contribution < -0.4 is 4.90 Å². The van der Waals surface area contributed by atoms with E-state index in [9.17, 15) is 0 Å². The van der Waals surface area contributed by atoms with Crippen LogP contribution in [0.25, 0.3) is 22.6 Å². The fourth-order valence-electron chi connectivity index (χ4n) is 3.20. The largest absolute Gasteiger partial charge is 0.356 e. The van der Waals surface area contributed by atoms with Gasteiger partial charge in [-0.3, -0.25) is 0 Å². The first-order valence-corrected chi connectivity index (χ1v) is 9.54. The van der Waals surface area contributed by atoms with Gasteiger partial charge < -0.3 is 4.90 Å². The molecule has 0 atom stereocenters. The summed E-state index contributed by atoms with van der Waals surface area (Å²) >= 11 is 3.50. The number of rotatable bonds is 3. The maximum atomic E-state index is 4.88. The summed E-state index contributed by atoms with van der Waals surface area (Å²) in [5.41, 5.74) is 3.15. The van der Waals surface area contributed by atoms with E-state index in [0.717, 1.165) is 46.0 Å². The standard InChI is InChI=1S/C21H20BrN3/c22-18-11-9-17(10-12-18)21-23-19(16-7-3-1-4-8-16)15-20(24-21)25-13-5-2-6-14-25/h1,3-4,7-12,15H,2,5-6,13-14H2. The van der Waals surface area contributed by atoms with Crippen molar-refractivity contribution in [3.05, 3.63) is 65.1 Å². The Hall–Kier alpha value is -2.20. The van der Waals surface area contributed by atoms with Crippen LogP contribution in [0.1, 0.15) is 19.3 Å². The van der Waals surface area contributed by atoms with Crippen LogP contribution in [0.5, 0.6) is 0 Å². The molecule has 0 N–H and O–H groups in total. The number of hydrogen-bond donors (Lipinski definition) is 0. The summed E-state index contributed by atoms with van der Waals surface area (Å²) in [5, 5.41) is 0. The maximum Gasteiger partial charge on any atom is 0.162 e. The lowest BCUT2D eigenvalue weighted by Gasteiger charge is -2.28. The van der Waals surface area contributed by atoms with Gasteiger partial charge in [0.25, 0.3) is 0 Å². The van der Waals surface area contributed by atoms with Crippen molar-refractivity contribution in [3.63, 3.8) is 0 Å². The lowest BCUT2D eigenvalue weighted by atomic mass is 10.1. The number of piperidine rings is 1. The second-order valence-corrected chi connectivity index (χ2v) is 7.27. The Bertz CT molecular complexity index is 841. The summed E-state index contributed by atoms with van der Waals surface area (Å²) < 4.78 is 1.06. The second-order valence-electron chi connectivity index (χ2n) is 6.36. The molecule has 3 aromatic rings. The third-order valence-electron chi connectivity index (χ3n) is 4.56. The Morgan fingerprint density at radius 3 is 2.20 bits per heavy atom. The molecule has 0 radical (unpaired) electrons. The van der Waals surface area contributed by atoms with E-state index in [4.69, 9.17) is 9.97 Å². The highest BCUT2D eigenvalue weighted by molar-refractivity contribution is 9.10. The molecule has 2 heterocycles. The Morgan fingerprint density at radius 2 is 1.48 bits per heavy atom. The summed E-state index contributed by atoms with van der Waals surface area (Å²) in [6.07, 6.45) is 3.78. The Morgan fingerprint density at radius 1 is 0.760 bits per heavy atom. The Kier molecular flexibility index (Phi) is 4.79. The van der Waals surface area contributed by atoms with Gasteiger partial charge in [0.2, 0.25) is 0 Å². The summed E-state index contributed by atoms with van der Waals surface area (Å²) in [4.78, 5) is 12.1. The molecule has 25 heavy (non-hydrogen) atoms. The molecule has 0 bridgehead atoms. The topological polar surface area (TPSA) is 29.0 Å². The molecule has 0 saturated carbocycles. The molecule has 0 unspecified atom stereocenters. The molecule has 1 fully saturated rings. The van der Waals surface area contributed by atoms with Crippen molar-refractivity contribution in [3.8, 4) is 22.6 Å². The average molecular weight is 394 g/mol. The summed E-state index contributed by atoms with van der Waals surface area (Å²) in [6.45, 7) is 2.15. The van der Waals surface area contributed by atoms with Gasteiger partial charge in [-0.1, -0.05) is 58.4 Å². The van der Waals surface area contributed by atoms with Crippen LogP contribution in [0.4, 0.5) is 5.82 Å². The van der Waals surface area contributed by atoms with Gasteiger partial charge >= 0.3 is 0 Å². The molecule has 4 rings (SSSR count). The minimum absolute atomic E-state index is 0.787. The van der Waals surface area contributed by atoms with Crippen molar-refractivity contribution in [2.75, 3.05) is 18.0 Å². The number of anilines is 1. The van der Waals surface area contributed by atoms with Crippen LogP contribution in [0.2, 0.25) is 0 Å². The number of benzene rings is 2. The molecule has 1 saturated heterocycles. The highest BCUT2D eigenvalue weighted by Crippen LogP contribution is 2.28. The van der Waals surface area contributed by atoms with Gasteiger partial charge in [-0.25, -0.2) is 9.97 Å². The zero-order chi connectivity index (χ0) is 17.1. The van der Waals surface area contributed by atoms with Crippen LogP contribution in [-0.2, 0) is 0 Å². The smallest absolute Gasteiger partial charge is 0.162 e. The Balaban J connectivity index is 1.81. The first-order chi connectivity index (χ1) is 12.3. The molecule has 126 valence electrons. The molecular weight excluding hydrogens is 374 g/mol. The van der Waals surface area contributed by atoms with Crippen molar-refractivity contribution in [1.82, 2.24) is 9.97 Å². The number of nitrogens with zero attached hydrogens (tertiary/aromatic N) is 3. The van der Waals surface area contributed by atoms with Crippen LogP contribution in [0.15, 0.2) is 65.1 Å². The predicted octanol–water partition coefficient (Wildman–Crippen LogP) is 5.56. The molecule has 0 aliphatic carbocycles. The van der Waals surface area contributed by atoms with Crippen LogP contribution >= 0.6 is 15.9 Å². The van der Waals surface area contributed by atoms with Crippen LogP contribution in [-0.4, -0.2) is 23.1 Å². The third-order valence-corrected chi connectivity index (χ3v) is 5.09. The van der Waals surface area contributed by atoms with Gasteiger partial charge in [-0.05, 0) is 31.4 Å². The number of halogens is 1. The minimum atomic E-state index is 0.787. The van der Waals surface area contributed by atoms with Gasteiger partial charge in [-0.15, -0.1) is 0 Å². The number of aromatic nitrogens is 2. The first kappa shape index (κ1) is 16.3. The van der Waals surface area contributed by atoms with E-state index in [1.165, 1.54) is 19.3 Å². The normalized spacial score (nSPS) is 14.5. The van der Waals surface area contributed by atoms with Gasteiger partial charge in [0.15, 0.2) is 5.82 Å². The highest BCUT2D eigenvalue weighted by atomic mass is 79.9. The fourth-order valence-corrected chi connectivity index (χ4v) is 3.47. The van der Waals surface area contributed by atoms with E-state index in [-0.39, 0.29) is 0 Å². The molecule has 4 heteroatoms. The van der Waals surface area contributed by atoms with E-state index in [0.29, 0.717) is 0 Å². The quantitative estimate of drug-likeness (QED) is 0.582. The molecule has 1 aliphatic heterocycles. The van der Waals surface area contributed by atoms with E-state index in [1.807, 2.05) is 18.2 Å². The van der Waals surface area contributed by atoms with Gasteiger partial charge in [0, 0.05) is 34.8 Å². The van der Waals surface area contributed by atoms with E-state index >= 15 is 0 Å². The monoisotopic (exact) mass is 393 g/mol. The van der Waals surface area contributed by atoms with Crippen molar-refractivity contribution < 1.29 is 0 Å². The van der Waals surface area contributed by atoms with Crippen LogP contribution in [0, 0.1) is 0 Å². The maximum absolute atomic E-state index is 4.88. The van der Waals surface area contributed by atoms with Crippen molar-refractivity contribution >= 4 is 21.7 Å². The van der Waals surface area contributed by atoms with Gasteiger partial charge in [0.05, 0.1) is 5.69 Å². The minimum Gasteiger partial charge on any atom is -0.356 e. The van der Waals surface area contributed by atoms with Crippen LogP contribution in [0.3, 0.4) is 0 Å². The molecule has 1 aliphatic rings. The van der Waals surface area contributed by atoms with Gasteiger partial charge in [0.1, 0.15) is 5.82 Å². The zero-order valence-electron chi connectivity index (χ0n) is 14.0. The van der Waals surface area contributed by atoms with Gasteiger partial charge in [-0.2, -0.15) is 0 Å². The first-order valence-electron chi connectivity index (χ1n) is 8.75. The molecule has 0 spiro atoms. The molecule has 0 amide bonds. The second kappa shape index (κ2) is 7.36. The summed E-state index contributed by atoms with van der Waals surface area (Å²) in [6, 6.07) is 20.7. The molecule has 3 nitrogen and oxygen atoms in total. The average Bonchev–Trinajstić information content (AvgIpc) is 2.69. The highest BCUT2D eigenvalue weighted by Gasteiger charge is 2.16. The van der Waals surface area contributed by atoms with Crippen molar-refractivity contribution in [1.29, 1.82) is 0 Å². The number of hydrogen-bond acceptors (Lipinski definition) is 3. The Labute approximate surface area is 156 Å². The fraction of sp³-hybridized carbons (Fsp3) is 0.238. The molecule has 2 aromatic carbocycles. The zero-order valence-corrected chi connectivity index (χ0v) is 15.6. The summed E-state index contributed by atoms with van der Waals surface area (Å²) in [7, 11) is 0. The predicted molar refractivity (Wildman–Crippen MR) is 107 cm³/mol. The van der Waals surface area contributed by atoms with Crippen molar-refractivity contribution in [2.45, 2.75) is 19.3 Å². The van der Waals surface area contributed by atoms with E-state index in [1.54, 1.807) is 0 Å². The summed E-state index contributed by atoms with van der Waals surface area (Å²) in [5.74, 6) is 1.82. The van der Waals surface area contributed by atoms with Crippen molar-refractivity contribution in [2.24, 2.45) is 0 Å². The van der Waals surface area contributed by atoms with E-state index < -0.39 is 0 Å². The molecular formula is C21H20BrN3. The lowest BCUT2D eigenvalue weighted by Crippen LogP contribution is -2.30. The molecule has 1 aromatic heterocycles. The van der Waals surface area contributed by atoms with E-state index in [2.05, 4.69) is 63.3 Å². The third kappa shape index (κ3) is 3.74.